The van der Waals surface area contributed by atoms with Gasteiger partial charge in [-0.3, -0.25) is 0 Å². The lowest BCUT2D eigenvalue weighted by atomic mass is 9.87. The number of nitrogens with one attached hydrogen (secondary N) is 1. The molecule has 2 aromatic rings. The van der Waals surface area contributed by atoms with Crippen LogP contribution in [-0.2, 0) is 5.54 Å². The smallest absolute Gasteiger partial charge is 0.0584 e. The zero-order valence-electron chi connectivity index (χ0n) is 12.9. The molecular weight excluding hydrogens is 256 g/mol. The number of para-hydroxylation sites is 1. The molecule has 0 amide bonds. The Morgan fingerprint density at radius 2 is 1.67 bits per heavy atom. The summed E-state index contributed by atoms with van der Waals surface area (Å²) in [6.07, 6.45) is 1.16. The molecule has 0 radical (unpaired) electrons. The molecule has 2 atom stereocenters. The predicted molar refractivity (Wildman–Crippen MR) is 89.7 cm³/mol. The molecule has 1 N–H and O–H groups in total. The van der Waals surface area contributed by atoms with E-state index in [4.69, 9.17) is 0 Å². The highest BCUT2D eigenvalue weighted by molar-refractivity contribution is 5.49. The van der Waals surface area contributed by atoms with Gasteiger partial charge < -0.3 is 10.2 Å². The van der Waals surface area contributed by atoms with E-state index in [1.807, 2.05) is 0 Å². The van der Waals surface area contributed by atoms with E-state index in [9.17, 15) is 0 Å². The zero-order chi connectivity index (χ0) is 14.7. The van der Waals surface area contributed by atoms with Gasteiger partial charge in [0.15, 0.2) is 0 Å². The molecule has 21 heavy (non-hydrogen) atoms. The molecule has 1 saturated heterocycles. The second-order valence-electron chi connectivity index (χ2n) is 6.10. The Bertz CT molecular complexity index is 567. The Morgan fingerprint density at radius 3 is 2.29 bits per heavy atom. The van der Waals surface area contributed by atoms with E-state index in [-0.39, 0.29) is 5.54 Å². The van der Waals surface area contributed by atoms with E-state index < -0.39 is 0 Å². The molecule has 2 unspecified atom stereocenters. The van der Waals surface area contributed by atoms with Gasteiger partial charge in [-0.2, -0.15) is 0 Å². The number of anilines is 1. The molecule has 1 aliphatic heterocycles. The predicted octanol–water partition coefficient (Wildman–Crippen LogP) is 3.79. The van der Waals surface area contributed by atoms with Crippen molar-refractivity contribution >= 4 is 5.69 Å². The lowest BCUT2D eigenvalue weighted by Gasteiger charge is -2.47. The van der Waals surface area contributed by atoms with Crippen molar-refractivity contribution in [2.45, 2.75) is 31.8 Å². The van der Waals surface area contributed by atoms with E-state index >= 15 is 0 Å². The van der Waals surface area contributed by atoms with E-state index in [1.54, 1.807) is 0 Å². The SMILES string of the molecule is CCC1CNC(C)(c2ccccc2)CN1c1ccccc1. The highest BCUT2D eigenvalue weighted by Crippen LogP contribution is 2.30. The van der Waals surface area contributed by atoms with Gasteiger partial charge in [-0.05, 0) is 31.0 Å². The van der Waals surface area contributed by atoms with Gasteiger partial charge in [0, 0.05) is 24.8 Å². The Kier molecular flexibility index (Phi) is 3.98. The van der Waals surface area contributed by atoms with Gasteiger partial charge in [0.2, 0.25) is 0 Å². The molecule has 1 heterocycles. The summed E-state index contributed by atoms with van der Waals surface area (Å²) < 4.78 is 0. The quantitative estimate of drug-likeness (QED) is 0.920. The van der Waals surface area contributed by atoms with Crippen LogP contribution in [0.1, 0.15) is 25.8 Å². The number of piperazine rings is 1. The van der Waals surface area contributed by atoms with Crippen molar-refractivity contribution in [2.24, 2.45) is 0 Å². The molecule has 3 rings (SSSR count). The highest BCUT2D eigenvalue weighted by atomic mass is 15.3. The third-order valence-electron chi connectivity index (χ3n) is 4.63. The van der Waals surface area contributed by atoms with Crippen molar-refractivity contribution in [3.05, 3.63) is 66.2 Å². The summed E-state index contributed by atoms with van der Waals surface area (Å²) in [5.41, 5.74) is 2.69. The molecule has 110 valence electrons. The number of nitrogens with zero attached hydrogens (tertiary/aromatic N) is 1. The van der Waals surface area contributed by atoms with Gasteiger partial charge in [0.05, 0.1) is 5.54 Å². The fraction of sp³-hybridized carbons (Fsp3) is 0.368. The summed E-state index contributed by atoms with van der Waals surface area (Å²) >= 11 is 0. The van der Waals surface area contributed by atoms with Crippen molar-refractivity contribution in [2.75, 3.05) is 18.0 Å². The van der Waals surface area contributed by atoms with Gasteiger partial charge in [0.1, 0.15) is 0 Å². The number of hydrogen-bond donors (Lipinski definition) is 1. The first-order chi connectivity index (χ1) is 10.2. The molecule has 2 heteroatoms. The van der Waals surface area contributed by atoms with Crippen LogP contribution in [0.5, 0.6) is 0 Å². The second-order valence-corrected chi connectivity index (χ2v) is 6.10. The summed E-state index contributed by atoms with van der Waals surface area (Å²) in [6.45, 7) is 6.61. The molecule has 0 saturated carbocycles. The van der Waals surface area contributed by atoms with Gasteiger partial charge in [-0.15, -0.1) is 0 Å². The molecule has 0 spiro atoms. The molecule has 0 aromatic heterocycles. The minimum absolute atomic E-state index is 0.00275. The zero-order valence-corrected chi connectivity index (χ0v) is 12.9. The topological polar surface area (TPSA) is 15.3 Å². The van der Waals surface area contributed by atoms with E-state index in [0.717, 1.165) is 19.5 Å². The van der Waals surface area contributed by atoms with Gasteiger partial charge >= 0.3 is 0 Å². The molecule has 1 fully saturated rings. The Morgan fingerprint density at radius 1 is 1.05 bits per heavy atom. The van der Waals surface area contributed by atoms with Crippen molar-refractivity contribution < 1.29 is 0 Å². The van der Waals surface area contributed by atoms with Gasteiger partial charge in [-0.1, -0.05) is 55.5 Å². The highest BCUT2D eigenvalue weighted by Gasteiger charge is 2.36. The number of hydrogen-bond acceptors (Lipinski definition) is 2. The van der Waals surface area contributed by atoms with E-state index in [0.29, 0.717) is 6.04 Å². The maximum atomic E-state index is 3.77. The van der Waals surface area contributed by atoms with Crippen LogP contribution in [0.4, 0.5) is 5.69 Å². The van der Waals surface area contributed by atoms with Gasteiger partial charge in [-0.25, -0.2) is 0 Å². The van der Waals surface area contributed by atoms with Crippen LogP contribution >= 0.6 is 0 Å². The maximum Gasteiger partial charge on any atom is 0.0584 e. The second kappa shape index (κ2) is 5.90. The number of rotatable bonds is 3. The molecule has 2 aromatic carbocycles. The monoisotopic (exact) mass is 280 g/mol. The average molecular weight is 280 g/mol. The first-order valence-electron chi connectivity index (χ1n) is 7.85. The Hall–Kier alpha value is -1.80. The van der Waals surface area contributed by atoms with Crippen LogP contribution in [0.15, 0.2) is 60.7 Å². The first-order valence-corrected chi connectivity index (χ1v) is 7.85. The lowest BCUT2D eigenvalue weighted by molar-refractivity contribution is 0.288. The van der Waals surface area contributed by atoms with Crippen LogP contribution in [0.2, 0.25) is 0 Å². The first kappa shape index (κ1) is 14.2. The van der Waals surface area contributed by atoms with Crippen LogP contribution in [0.25, 0.3) is 0 Å². The molecule has 0 aliphatic carbocycles. The third-order valence-corrected chi connectivity index (χ3v) is 4.63. The van der Waals surface area contributed by atoms with Crippen LogP contribution < -0.4 is 10.2 Å². The normalized spacial score (nSPS) is 25.8. The lowest BCUT2D eigenvalue weighted by Crippen LogP contribution is -2.61. The standard InChI is InChI=1S/C19H24N2/c1-3-17-14-20-19(2,16-10-6-4-7-11-16)15-21(17)18-12-8-5-9-13-18/h4-13,17,20H,3,14-15H2,1-2H3. The van der Waals surface area contributed by atoms with E-state index in [2.05, 4.69) is 84.7 Å². The third kappa shape index (κ3) is 2.81. The van der Waals surface area contributed by atoms with Crippen molar-refractivity contribution in [3.8, 4) is 0 Å². The maximum absolute atomic E-state index is 3.77. The van der Waals surface area contributed by atoms with Crippen molar-refractivity contribution in [1.82, 2.24) is 5.32 Å². The summed E-state index contributed by atoms with van der Waals surface area (Å²) in [4.78, 5) is 2.56. The molecule has 0 bridgehead atoms. The largest absolute Gasteiger partial charge is 0.365 e. The fourth-order valence-corrected chi connectivity index (χ4v) is 3.26. The minimum atomic E-state index is 0.00275. The van der Waals surface area contributed by atoms with Gasteiger partial charge in [0.25, 0.3) is 0 Å². The van der Waals surface area contributed by atoms with E-state index in [1.165, 1.54) is 11.3 Å². The summed E-state index contributed by atoms with van der Waals surface area (Å²) in [5, 5.41) is 3.77. The Labute approximate surface area is 127 Å². The molecular formula is C19H24N2. The summed E-state index contributed by atoms with van der Waals surface area (Å²) in [7, 11) is 0. The fourth-order valence-electron chi connectivity index (χ4n) is 3.26. The van der Waals surface area contributed by atoms with Crippen molar-refractivity contribution in [1.29, 1.82) is 0 Å². The Balaban J connectivity index is 1.91. The summed E-state index contributed by atoms with van der Waals surface area (Å²) in [6, 6.07) is 22.1. The van der Waals surface area contributed by atoms with Crippen LogP contribution in [-0.4, -0.2) is 19.1 Å². The van der Waals surface area contributed by atoms with Crippen LogP contribution in [0.3, 0.4) is 0 Å². The van der Waals surface area contributed by atoms with Crippen LogP contribution in [0, 0.1) is 0 Å². The van der Waals surface area contributed by atoms with Crippen molar-refractivity contribution in [3.63, 3.8) is 0 Å². The average Bonchev–Trinajstić information content (AvgIpc) is 2.56. The number of benzene rings is 2. The molecule has 1 aliphatic rings. The summed E-state index contributed by atoms with van der Waals surface area (Å²) in [5.74, 6) is 0. The minimum Gasteiger partial charge on any atom is -0.365 e. The molecule has 2 nitrogen and oxygen atoms in total.